The van der Waals surface area contributed by atoms with Crippen LogP contribution >= 0.6 is 15.9 Å². The van der Waals surface area contributed by atoms with Crippen LogP contribution in [0.4, 0.5) is 23.2 Å². The highest BCUT2D eigenvalue weighted by molar-refractivity contribution is 9.10. The van der Waals surface area contributed by atoms with E-state index < -0.39 is 24.4 Å². The Kier molecular flexibility index (Phi) is 5.16. The van der Waals surface area contributed by atoms with Crippen LogP contribution in [-0.4, -0.2) is 18.8 Å². The third kappa shape index (κ3) is 5.06. The predicted molar refractivity (Wildman–Crippen MR) is 64.1 cm³/mol. The second-order valence-electron chi connectivity index (χ2n) is 3.71. The molecule has 0 aromatic heterocycles. The summed E-state index contributed by atoms with van der Waals surface area (Å²) in [6.45, 7) is -0.373. The van der Waals surface area contributed by atoms with E-state index in [1.807, 2.05) is 0 Å². The van der Waals surface area contributed by atoms with Gasteiger partial charge in [0.1, 0.15) is 5.82 Å². The summed E-state index contributed by atoms with van der Waals surface area (Å²) in [6, 6.07) is 2.05. The van der Waals surface area contributed by atoms with Gasteiger partial charge in [-0.15, -0.1) is 0 Å². The lowest BCUT2D eigenvalue weighted by atomic mass is 10.2. The zero-order chi connectivity index (χ0) is 14.6. The molecule has 3 nitrogen and oxygen atoms in total. The largest absolute Gasteiger partial charge is 0.462 e. The monoisotopic (exact) mass is 343 g/mol. The minimum absolute atomic E-state index is 0.0362. The molecule has 8 heteroatoms. The molecule has 0 unspecified atom stereocenters. The molecule has 0 aliphatic heterocycles. The number of halogens is 5. The van der Waals surface area contributed by atoms with Crippen LogP contribution in [0, 0.1) is 5.82 Å². The van der Waals surface area contributed by atoms with Gasteiger partial charge in [-0.1, -0.05) is 0 Å². The Morgan fingerprint density at radius 3 is 2.58 bits per heavy atom. The molecule has 0 radical (unpaired) electrons. The molecule has 19 heavy (non-hydrogen) atoms. The van der Waals surface area contributed by atoms with Crippen molar-refractivity contribution in [1.82, 2.24) is 0 Å². The van der Waals surface area contributed by atoms with E-state index in [9.17, 15) is 22.4 Å². The third-order valence-corrected chi connectivity index (χ3v) is 2.80. The lowest BCUT2D eigenvalue weighted by molar-refractivity contribution is -0.137. The SMILES string of the molecule is Nc1cc(C(=O)OCCCC(F)(F)F)c(Br)cc1F. The van der Waals surface area contributed by atoms with Crippen molar-refractivity contribution in [3.05, 3.63) is 28.0 Å². The normalized spacial score (nSPS) is 11.4. The predicted octanol–water partition coefficient (Wildman–Crippen LogP) is 3.67. The van der Waals surface area contributed by atoms with Crippen molar-refractivity contribution in [2.24, 2.45) is 0 Å². The van der Waals surface area contributed by atoms with Crippen LogP contribution in [0.2, 0.25) is 0 Å². The molecule has 0 fully saturated rings. The summed E-state index contributed by atoms with van der Waals surface area (Å²) >= 11 is 2.95. The second kappa shape index (κ2) is 6.23. The first-order valence-corrected chi connectivity index (χ1v) is 5.98. The zero-order valence-corrected chi connectivity index (χ0v) is 11.1. The van der Waals surface area contributed by atoms with Gasteiger partial charge in [-0.25, -0.2) is 9.18 Å². The van der Waals surface area contributed by atoms with Gasteiger partial charge in [-0.3, -0.25) is 0 Å². The summed E-state index contributed by atoms with van der Waals surface area (Å²) in [4.78, 5) is 11.5. The van der Waals surface area contributed by atoms with E-state index in [0.717, 1.165) is 12.1 Å². The average Bonchev–Trinajstić information content (AvgIpc) is 2.28. The Labute approximate surface area is 114 Å². The summed E-state index contributed by atoms with van der Waals surface area (Å²) in [6.07, 6.45) is -5.65. The van der Waals surface area contributed by atoms with E-state index in [-0.39, 0.29) is 28.8 Å². The van der Waals surface area contributed by atoms with Gasteiger partial charge in [0.25, 0.3) is 0 Å². The zero-order valence-electron chi connectivity index (χ0n) is 9.56. The van der Waals surface area contributed by atoms with Crippen molar-refractivity contribution >= 4 is 27.6 Å². The number of esters is 1. The number of nitrogens with two attached hydrogens (primary N) is 1. The lowest BCUT2D eigenvalue weighted by Crippen LogP contribution is -2.12. The van der Waals surface area contributed by atoms with E-state index in [2.05, 4.69) is 20.7 Å². The lowest BCUT2D eigenvalue weighted by Gasteiger charge is -2.09. The number of anilines is 1. The molecular weight excluding hydrogens is 334 g/mol. The summed E-state index contributed by atoms with van der Waals surface area (Å²) in [5.74, 6) is -1.57. The van der Waals surface area contributed by atoms with Gasteiger partial charge in [-0.05, 0) is 34.5 Å². The Balaban J connectivity index is 2.57. The quantitative estimate of drug-likeness (QED) is 0.392. The Morgan fingerprint density at radius 1 is 1.37 bits per heavy atom. The molecule has 0 aliphatic rings. The van der Waals surface area contributed by atoms with Crippen molar-refractivity contribution in [3.8, 4) is 0 Å². The molecular formula is C11H10BrF4NO2. The fourth-order valence-corrected chi connectivity index (χ4v) is 1.71. The molecule has 0 amide bonds. The van der Waals surface area contributed by atoms with E-state index >= 15 is 0 Å². The molecule has 0 saturated carbocycles. The van der Waals surface area contributed by atoms with Crippen LogP contribution in [0.25, 0.3) is 0 Å². The first-order chi connectivity index (χ1) is 8.70. The van der Waals surface area contributed by atoms with Gasteiger partial charge < -0.3 is 10.5 Å². The minimum atomic E-state index is -4.28. The Bertz CT molecular complexity index is 476. The van der Waals surface area contributed by atoms with E-state index in [4.69, 9.17) is 5.73 Å². The second-order valence-corrected chi connectivity index (χ2v) is 4.56. The fraction of sp³-hybridized carbons (Fsp3) is 0.364. The molecule has 0 bridgehead atoms. The van der Waals surface area contributed by atoms with Crippen LogP contribution in [0.3, 0.4) is 0 Å². The number of benzene rings is 1. The van der Waals surface area contributed by atoms with Gasteiger partial charge in [0.15, 0.2) is 0 Å². The van der Waals surface area contributed by atoms with Gasteiger partial charge >= 0.3 is 12.1 Å². The highest BCUT2D eigenvalue weighted by Crippen LogP contribution is 2.24. The van der Waals surface area contributed by atoms with Crippen molar-refractivity contribution in [1.29, 1.82) is 0 Å². The highest BCUT2D eigenvalue weighted by atomic mass is 79.9. The standard InChI is InChI=1S/C11H10BrF4NO2/c12-7-5-8(13)9(17)4-6(7)10(18)19-3-1-2-11(14,15)16/h4-5H,1-3,17H2. The molecule has 1 aromatic rings. The van der Waals surface area contributed by atoms with Crippen LogP contribution in [0.5, 0.6) is 0 Å². The van der Waals surface area contributed by atoms with Crippen molar-refractivity contribution in [2.75, 3.05) is 12.3 Å². The molecule has 1 aromatic carbocycles. The van der Waals surface area contributed by atoms with Crippen molar-refractivity contribution in [2.45, 2.75) is 19.0 Å². The van der Waals surface area contributed by atoms with Gasteiger partial charge in [-0.2, -0.15) is 13.2 Å². The van der Waals surface area contributed by atoms with Gasteiger partial charge in [0, 0.05) is 10.9 Å². The van der Waals surface area contributed by atoms with Crippen molar-refractivity contribution < 1.29 is 27.1 Å². The molecule has 2 N–H and O–H groups in total. The summed E-state index contributed by atoms with van der Waals surface area (Å²) < 4.78 is 53.4. The molecule has 1 rings (SSSR count). The van der Waals surface area contributed by atoms with Crippen LogP contribution in [0.15, 0.2) is 16.6 Å². The number of hydrogen-bond donors (Lipinski definition) is 1. The van der Waals surface area contributed by atoms with Crippen LogP contribution in [-0.2, 0) is 4.74 Å². The molecule has 106 valence electrons. The Morgan fingerprint density at radius 2 is 2.00 bits per heavy atom. The molecule has 0 heterocycles. The van der Waals surface area contributed by atoms with Gasteiger partial charge in [0.05, 0.1) is 17.9 Å². The van der Waals surface area contributed by atoms with Crippen LogP contribution < -0.4 is 5.73 Å². The molecule has 0 atom stereocenters. The average molecular weight is 344 g/mol. The van der Waals surface area contributed by atoms with Gasteiger partial charge in [0.2, 0.25) is 0 Å². The number of hydrogen-bond acceptors (Lipinski definition) is 3. The highest BCUT2D eigenvalue weighted by Gasteiger charge is 2.26. The maximum absolute atomic E-state index is 13.0. The molecule has 0 saturated heterocycles. The number of alkyl halides is 3. The third-order valence-electron chi connectivity index (χ3n) is 2.14. The fourth-order valence-electron chi connectivity index (χ4n) is 1.24. The van der Waals surface area contributed by atoms with E-state index in [1.54, 1.807) is 0 Å². The number of nitrogen functional groups attached to an aromatic ring is 1. The number of carbonyl (C=O) groups is 1. The van der Waals surface area contributed by atoms with Crippen LogP contribution in [0.1, 0.15) is 23.2 Å². The smallest absolute Gasteiger partial charge is 0.389 e. The number of carbonyl (C=O) groups excluding carboxylic acids is 1. The first kappa shape index (κ1) is 15.7. The summed E-state index contributed by atoms with van der Waals surface area (Å²) in [5, 5.41) is 0. The summed E-state index contributed by atoms with van der Waals surface area (Å²) in [5.41, 5.74) is 5.01. The summed E-state index contributed by atoms with van der Waals surface area (Å²) in [7, 11) is 0. The number of rotatable bonds is 4. The maximum Gasteiger partial charge on any atom is 0.389 e. The number of ether oxygens (including phenoxy) is 1. The first-order valence-electron chi connectivity index (χ1n) is 5.19. The van der Waals surface area contributed by atoms with Crippen molar-refractivity contribution in [3.63, 3.8) is 0 Å². The maximum atomic E-state index is 13.0. The topological polar surface area (TPSA) is 52.3 Å². The molecule has 0 aliphatic carbocycles. The molecule has 0 spiro atoms. The minimum Gasteiger partial charge on any atom is -0.462 e. The van der Waals surface area contributed by atoms with E-state index in [0.29, 0.717) is 0 Å². The Hall–Kier alpha value is -1.31. The van der Waals surface area contributed by atoms with E-state index in [1.165, 1.54) is 0 Å².